The first-order valence-electron chi connectivity index (χ1n) is 7.28. The smallest absolute Gasteiger partial charge is 0.188 e. The van der Waals surface area contributed by atoms with Crippen molar-refractivity contribution in [2.45, 2.75) is 11.8 Å². The van der Waals surface area contributed by atoms with Crippen molar-refractivity contribution >= 4 is 16.6 Å². The third-order valence-corrected chi connectivity index (χ3v) is 4.55. The van der Waals surface area contributed by atoms with E-state index >= 15 is 0 Å². The molecule has 0 radical (unpaired) electrons. The summed E-state index contributed by atoms with van der Waals surface area (Å²) in [7, 11) is 0. The zero-order chi connectivity index (χ0) is 15.2. The van der Waals surface area contributed by atoms with Gasteiger partial charge in [0.05, 0.1) is 6.07 Å². The van der Waals surface area contributed by atoms with E-state index in [2.05, 4.69) is 6.07 Å². The van der Waals surface area contributed by atoms with Crippen LogP contribution in [-0.2, 0) is 11.8 Å². The van der Waals surface area contributed by atoms with Gasteiger partial charge in [0.1, 0.15) is 5.41 Å². The summed E-state index contributed by atoms with van der Waals surface area (Å²) >= 11 is 0. The Labute approximate surface area is 128 Å². The van der Waals surface area contributed by atoms with Gasteiger partial charge in [-0.05, 0) is 21.9 Å². The lowest BCUT2D eigenvalue weighted by molar-refractivity contribution is 0.0939. The van der Waals surface area contributed by atoms with E-state index in [4.69, 9.17) is 0 Å². The van der Waals surface area contributed by atoms with Crippen molar-refractivity contribution in [2.75, 3.05) is 0 Å². The molecule has 4 rings (SSSR count). The van der Waals surface area contributed by atoms with E-state index in [9.17, 15) is 10.1 Å². The number of Topliss-reactive ketones (excluding diaryl/α,β-unsaturated/α-hetero) is 1. The summed E-state index contributed by atoms with van der Waals surface area (Å²) in [6.45, 7) is 0. The second kappa shape index (κ2) is 4.54. The van der Waals surface area contributed by atoms with Crippen LogP contribution in [0.4, 0.5) is 0 Å². The monoisotopic (exact) mass is 283 g/mol. The van der Waals surface area contributed by atoms with Gasteiger partial charge in [0.25, 0.3) is 0 Å². The maximum Gasteiger partial charge on any atom is 0.188 e. The van der Waals surface area contributed by atoms with Crippen molar-refractivity contribution in [3.63, 3.8) is 0 Å². The number of rotatable bonds is 1. The van der Waals surface area contributed by atoms with Gasteiger partial charge in [-0.15, -0.1) is 0 Å². The van der Waals surface area contributed by atoms with E-state index in [1.165, 1.54) is 0 Å². The summed E-state index contributed by atoms with van der Waals surface area (Å²) in [4.78, 5) is 13.0. The van der Waals surface area contributed by atoms with Crippen LogP contribution < -0.4 is 0 Å². The first kappa shape index (κ1) is 12.8. The molecule has 0 N–H and O–H groups in total. The molecule has 1 unspecified atom stereocenters. The van der Waals surface area contributed by atoms with Gasteiger partial charge >= 0.3 is 0 Å². The zero-order valence-corrected chi connectivity index (χ0v) is 11.9. The summed E-state index contributed by atoms with van der Waals surface area (Å²) < 4.78 is 0. The van der Waals surface area contributed by atoms with Crippen molar-refractivity contribution in [1.82, 2.24) is 0 Å². The lowest BCUT2D eigenvalue weighted by Crippen LogP contribution is -2.31. The lowest BCUT2D eigenvalue weighted by Gasteiger charge is -2.21. The Balaban J connectivity index is 2.01. The second-order valence-corrected chi connectivity index (χ2v) is 5.71. The number of hydrogen-bond donors (Lipinski definition) is 0. The molecule has 0 bridgehead atoms. The molecule has 2 nitrogen and oxygen atoms in total. The highest BCUT2D eigenvalue weighted by Crippen LogP contribution is 2.41. The number of fused-ring (bicyclic) bond motifs is 2. The summed E-state index contributed by atoms with van der Waals surface area (Å²) in [5.74, 6) is -0.0815. The lowest BCUT2D eigenvalue weighted by atomic mass is 9.76. The molecular formula is C20H13NO. The first-order chi connectivity index (χ1) is 10.8. The molecule has 0 aliphatic heterocycles. The van der Waals surface area contributed by atoms with E-state index in [1.807, 2.05) is 66.7 Å². The minimum atomic E-state index is -1.11. The topological polar surface area (TPSA) is 40.9 Å². The zero-order valence-electron chi connectivity index (χ0n) is 11.9. The van der Waals surface area contributed by atoms with Crippen LogP contribution in [0.1, 0.15) is 21.5 Å². The maximum atomic E-state index is 13.0. The average Bonchev–Trinajstić information content (AvgIpc) is 2.88. The van der Waals surface area contributed by atoms with Gasteiger partial charge in [-0.25, -0.2) is 0 Å². The molecule has 104 valence electrons. The molecule has 1 aliphatic rings. The minimum absolute atomic E-state index is 0.0815. The van der Waals surface area contributed by atoms with Crippen LogP contribution in [0.3, 0.4) is 0 Å². The van der Waals surface area contributed by atoms with Crippen molar-refractivity contribution in [3.8, 4) is 6.07 Å². The Morgan fingerprint density at radius 2 is 1.64 bits per heavy atom. The first-order valence-corrected chi connectivity index (χ1v) is 7.28. The minimum Gasteiger partial charge on any atom is -0.292 e. The van der Waals surface area contributed by atoms with Gasteiger partial charge in [0, 0.05) is 12.0 Å². The largest absolute Gasteiger partial charge is 0.292 e. The molecule has 0 heterocycles. The fraction of sp³-hybridized carbons (Fsp3) is 0.100. The fourth-order valence-electron chi connectivity index (χ4n) is 3.46. The molecule has 3 aromatic rings. The Kier molecular flexibility index (Phi) is 2.64. The van der Waals surface area contributed by atoms with Crippen LogP contribution in [0, 0.1) is 11.3 Å². The van der Waals surface area contributed by atoms with Crippen molar-refractivity contribution in [2.24, 2.45) is 0 Å². The number of nitriles is 1. The normalized spacial score (nSPS) is 19.9. The molecule has 3 aromatic carbocycles. The number of hydrogen-bond acceptors (Lipinski definition) is 2. The van der Waals surface area contributed by atoms with E-state index in [0.717, 1.165) is 21.9 Å². The fourth-order valence-corrected chi connectivity index (χ4v) is 3.46. The van der Waals surface area contributed by atoms with Crippen LogP contribution in [0.15, 0.2) is 66.7 Å². The molecule has 0 amide bonds. The van der Waals surface area contributed by atoms with Gasteiger partial charge in [-0.1, -0.05) is 66.7 Å². The van der Waals surface area contributed by atoms with Gasteiger partial charge in [-0.2, -0.15) is 5.26 Å². The predicted octanol–water partition coefficient (Wildman–Crippen LogP) is 4.04. The highest BCUT2D eigenvalue weighted by molar-refractivity contribution is 6.12. The number of nitrogens with zero attached hydrogens (tertiary/aromatic N) is 1. The molecule has 0 fully saturated rings. The quantitative estimate of drug-likeness (QED) is 0.676. The third kappa shape index (κ3) is 1.57. The van der Waals surface area contributed by atoms with E-state index in [-0.39, 0.29) is 5.78 Å². The van der Waals surface area contributed by atoms with Gasteiger partial charge in [0.2, 0.25) is 0 Å². The molecule has 2 heteroatoms. The number of benzene rings is 3. The summed E-state index contributed by atoms with van der Waals surface area (Å²) in [6.07, 6.45) is 0.451. The van der Waals surface area contributed by atoms with Crippen LogP contribution >= 0.6 is 0 Å². The molecule has 0 saturated heterocycles. The highest BCUT2D eigenvalue weighted by Gasteiger charge is 2.48. The maximum absolute atomic E-state index is 13.0. The van der Waals surface area contributed by atoms with Crippen LogP contribution in [0.2, 0.25) is 0 Å². The molecule has 22 heavy (non-hydrogen) atoms. The molecule has 1 atom stereocenters. The third-order valence-electron chi connectivity index (χ3n) is 4.55. The average molecular weight is 283 g/mol. The van der Waals surface area contributed by atoms with Gasteiger partial charge in [-0.3, -0.25) is 4.79 Å². The standard InChI is InChI=1S/C20H13NO/c21-13-20(12-15-7-2-4-10-17(15)19(20)22)18-11-5-8-14-6-1-3-9-16(14)18/h1-11H,12H2. The van der Waals surface area contributed by atoms with Crippen molar-refractivity contribution < 1.29 is 4.79 Å². The van der Waals surface area contributed by atoms with Crippen LogP contribution in [0.5, 0.6) is 0 Å². The van der Waals surface area contributed by atoms with Crippen molar-refractivity contribution in [1.29, 1.82) is 5.26 Å². The molecule has 1 aliphatic carbocycles. The van der Waals surface area contributed by atoms with E-state index < -0.39 is 5.41 Å². The number of ketones is 1. The molecule has 0 saturated carbocycles. The Hall–Kier alpha value is -2.92. The molecular weight excluding hydrogens is 270 g/mol. The Morgan fingerprint density at radius 1 is 0.909 bits per heavy atom. The Morgan fingerprint density at radius 3 is 2.45 bits per heavy atom. The number of carbonyl (C=O) groups excluding carboxylic acids is 1. The van der Waals surface area contributed by atoms with E-state index in [0.29, 0.717) is 12.0 Å². The van der Waals surface area contributed by atoms with Gasteiger partial charge in [0.15, 0.2) is 5.78 Å². The predicted molar refractivity (Wildman–Crippen MR) is 85.7 cm³/mol. The second-order valence-electron chi connectivity index (χ2n) is 5.71. The van der Waals surface area contributed by atoms with Gasteiger partial charge < -0.3 is 0 Å². The van der Waals surface area contributed by atoms with Crippen molar-refractivity contribution in [3.05, 3.63) is 83.4 Å². The van der Waals surface area contributed by atoms with E-state index in [1.54, 1.807) is 0 Å². The Bertz CT molecular complexity index is 946. The SMILES string of the molecule is N#CC1(c2cccc3ccccc23)Cc2ccccc2C1=O. The number of carbonyl (C=O) groups is 1. The summed E-state index contributed by atoms with van der Waals surface area (Å²) in [5.41, 5.74) is 1.35. The highest BCUT2D eigenvalue weighted by atomic mass is 16.1. The molecule has 0 aromatic heterocycles. The molecule has 0 spiro atoms. The van der Waals surface area contributed by atoms with Crippen LogP contribution in [-0.4, -0.2) is 5.78 Å². The van der Waals surface area contributed by atoms with Crippen LogP contribution in [0.25, 0.3) is 10.8 Å². The summed E-state index contributed by atoms with van der Waals surface area (Å²) in [5, 5.41) is 11.9. The summed E-state index contributed by atoms with van der Waals surface area (Å²) in [6, 6.07) is 23.6.